The van der Waals surface area contributed by atoms with Crippen LogP contribution in [0.3, 0.4) is 0 Å². The van der Waals surface area contributed by atoms with Crippen molar-refractivity contribution < 1.29 is 9.47 Å². The van der Waals surface area contributed by atoms with Gasteiger partial charge in [0.2, 0.25) is 0 Å². The highest BCUT2D eigenvalue weighted by molar-refractivity contribution is 4.91. The van der Waals surface area contributed by atoms with Gasteiger partial charge in [0.05, 0.1) is 18.8 Å². The number of rotatable bonds is 6. The minimum absolute atomic E-state index is 0.0571. The van der Waals surface area contributed by atoms with E-state index in [2.05, 4.69) is 33.0 Å². The van der Waals surface area contributed by atoms with Crippen LogP contribution in [0.2, 0.25) is 0 Å². The fourth-order valence-corrected chi connectivity index (χ4v) is 3.42. The molecule has 0 aromatic rings. The molecule has 1 aliphatic heterocycles. The molecule has 1 saturated heterocycles. The lowest BCUT2D eigenvalue weighted by Crippen LogP contribution is -2.51. The minimum Gasteiger partial charge on any atom is -0.381 e. The van der Waals surface area contributed by atoms with Crippen LogP contribution in [0.1, 0.15) is 66.2 Å². The number of nitrogens with one attached hydrogen (secondary N) is 1. The zero-order valence-electron chi connectivity index (χ0n) is 14.5. The molecule has 0 radical (unpaired) electrons. The zero-order valence-corrected chi connectivity index (χ0v) is 14.5. The van der Waals surface area contributed by atoms with E-state index in [0.717, 1.165) is 32.3 Å². The predicted octanol–water partition coefficient (Wildman–Crippen LogP) is 3.77. The molecule has 1 N–H and O–H groups in total. The highest BCUT2D eigenvalue weighted by Crippen LogP contribution is 2.37. The Morgan fingerprint density at radius 3 is 2.38 bits per heavy atom. The summed E-state index contributed by atoms with van der Waals surface area (Å²) in [5.74, 6) is 1.52. The molecule has 1 aliphatic carbocycles. The zero-order chi connectivity index (χ0) is 15.3. The van der Waals surface area contributed by atoms with Crippen molar-refractivity contribution in [3.63, 3.8) is 0 Å². The van der Waals surface area contributed by atoms with Gasteiger partial charge in [-0.15, -0.1) is 0 Å². The molecular formula is C18H35NO2. The van der Waals surface area contributed by atoms with Gasteiger partial charge in [-0.1, -0.05) is 13.3 Å². The summed E-state index contributed by atoms with van der Waals surface area (Å²) in [5, 5.41) is 3.68. The van der Waals surface area contributed by atoms with Crippen molar-refractivity contribution in [2.24, 2.45) is 11.8 Å². The van der Waals surface area contributed by atoms with Crippen molar-refractivity contribution in [3.05, 3.63) is 0 Å². The molecule has 21 heavy (non-hydrogen) atoms. The molecule has 0 bridgehead atoms. The smallest absolute Gasteiger partial charge is 0.0806 e. The molecule has 0 aromatic carbocycles. The van der Waals surface area contributed by atoms with Crippen molar-refractivity contribution in [1.82, 2.24) is 5.32 Å². The van der Waals surface area contributed by atoms with Gasteiger partial charge in [0, 0.05) is 24.6 Å². The lowest BCUT2D eigenvalue weighted by Gasteiger charge is -2.42. The number of hydrogen-bond donors (Lipinski definition) is 1. The topological polar surface area (TPSA) is 30.5 Å². The first kappa shape index (κ1) is 17.2. The Morgan fingerprint density at radius 2 is 1.86 bits per heavy atom. The van der Waals surface area contributed by atoms with Gasteiger partial charge in [-0.25, -0.2) is 0 Å². The van der Waals surface area contributed by atoms with Crippen LogP contribution in [0.4, 0.5) is 0 Å². The maximum atomic E-state index is 6.50. The van der Waals surface area contributed by atoms with Gasteiger partial charge in [-0.3, -0.25) is 0 Å². The Labute approximate surface area is 131 Å². The van der Waals surface area contributed by atoms with Crippen molar-refractivity contribution in [2.75, 3.05) is 26.4 Å². The summed E-state index contributed by atoms with van der Waals surface area (Å²) in [6.45, 7) is 12.7. The second-order valence-electron chi connectivity index (χ2n) is 8.18. The number of hydrogen-bond acceptors (Lipinski definition) is 3. The Bertz CT molecular complexity index is 297. The molecular weight excluding hydrogens is 262 g/mol. The first-order valence-corrected chi connectivity index (χ1v) is 8.89. The van der Waals surface area contributed by atoms with E-state index in [0.29, 0.717) is 5.92 Å². The van der Waals surface area contributed by atoms with E-state index in [1.807, 2.05) is 0 Å². The van der Waals surface area contributed by atoms with E-state index >= 15 is 0 Å². The van der Waals surface area contributed by atoms with E-state index < -0.39 is 0 Å². The normalized spacial score (nSPS) is 34.3. The average Bonchev–Trinajstić information content (AvgIpc) is 2.97. The van der Waals surface area contributed by atoms with Gasteiger partial charge in [-0.2, -0.15) is 0 Å². The molecule has 124 valence electrons. The molecule has 3 heteroatoms. The molecule has 0 aromatic heterocycles. The molecule has 0 amide bonds. The first-order chi connectivity index (χ1) is 9.92. The quantitative estimate of drug-likeness (QED) is 0.809. The van der Waals surface area contributed by atoms with Crippen molar-refractivity contribution in [3.8, 4) is 0 Å². The van der Waals surface area contributed by atoms with Crippen LogP contribution in [0.25, 0.3) is 0 Å². The van der Waals surface area contributed by atoms with Crippen LogP contribution < -0.4 is 5.32 Å². The van der Waals surface area contributed by atoms with Crippen LogP contribution in [0.15, 0.2) is 0 Å². The van der Waals surface area contributed by atoms with Crippen LogP contribution >= 0.6 is 0 Å². The molecule has 2 aliphatic rings. The van der Waals surface area contributed by atoms with Gasteiger partial charge in [0.25, 0.3) is 0 Å². The predicted molar refractivity (Wildman–Crippen MR) is 87.6 cm³/mol. The van der Waals surface area contributed by atoms with Crippen LogP contribution in [-0.4, -0.2) is 37.5 Å². The molecule has 3 nitrogen and oxygen atoms in total. The third kappa shape index (κ3) is 5.54. The lowest BCUT2D eigenvalue weighted by atomic mass is 9.77. The summed E-state index contributed by atoms with van der Waals surface area (Å²) in [5.41, 5.74) is 0.218. The van der Waals surface area contributed by atoms with E-state index in [1.54, 1.807) is 0 Å². The summed E-state index contributed by atoms with van der Waals surface area (Å²) in [6.07, 6.45) is 7.55. The summed E-state index contributed by atoms with van der Waals surface area (Å²) in [7, 11) is 0. The van der Waals surface area contributed by atoms with Gasteiger partial charge < -0.3 is 14.8 Å². The molecule has 1 saturated carbocycles. The van der Waals surface area contributed by atoms with Crippen molar-refractivity contribution >= 4 is 0 Å². The molecule has 2 rings (SSSR count). The minimum atomic E-state index is 0.0571. The van der Waals surface area contributed by atoms with Gasteiger partial charge >= 0.3 is 0 Å². The Balaban J connectivity index is 1.89. The fraction of sp³-hybridized carbons (Fsp3) is 1.00. The monoisotopic (exact) mass is 297 g/mol. The van der Waals surface area contributed by atoms with E-state index in [1.165, 1.54) is 38.5 Å². The van der Waals surface area contributed by atoms with Gasteiger partial charge in [-0.05, 0) is 58.8 Å². The maximum absolute atomic E-state index is 6.50. The second-order valence-corrected chi connectivity index (χ2v) is 8.18. The van der Waals surface area contributed by atoms with Gasteiger partial charge in [0.15, 0.2) is 0 Å². The summed E-state index contributed by atoms with van der Waals surface area (Å²) < 4.78 is 12.0. The highest BCUT2D eigenvalue weighted by atomic mass is 16.5. The first-order valence-electron chi connectivity index (χ1n) is 8.89. The van der Waals surface area contributed by atoms with E-state index in [4.69, 9.17) is 9.47 Å². The highest BCUT2D eigenvalue weighted by Gasteiger charge is 2.37. The fourth-order valence-electron chi connectivity index (χ4n) is 3.42. The maximum Gasteiger partial charge on any atom is 0.0806 e. The largest absolute Gasteiger partial charge is 0.381 e. The third-order valence-electron chi connectivity index (χ3n) is 5.18. The second kappa shape index (κ2) is 7.43. The Kier molecular flexibility index (Phi) is 6.10. The van der Waals surface area contributed by atoms with Crippen LogP contribution in [-0.2, 0) is 9.47 Å². The SMILES string of the molecule is CCC1CCC(CNC(C)(C)C)(OCC2CCOC2)CC1. The Morgan fingerprint density at radius 1 is 1.14 bits per heavy atom. The van der Waals surface area contributed by atoms with Crippen molar-refractivity contribution in [2.45, 2.75) is 77.4 Å². The summed E-state index contributed by atoms with van der Waals surface area (Å²) in [4.78, 5) is 0. The third-order valence-corrected chi connectivity index (χ3v) is 5.18. The van der Waals surface area contributed by atoms with Gasteiger partial charge in [0.1, 0.15) is 0 Å². The molecule has 1 heterocycles. The molecule has 1 atom stereocenters. The number of ether oxygens (including phenoxy) is 2. The van der Waals surface area contributed by atoms with E-state index in [-0.39, 0.29) is 11.1 Å². The average molecular weight is 297 g/mol. The lowest BCUT2D eigenvalue weighted by molar-refractivity contribution is -0.0914. The van der Waals surface area contributed by atoms with Crippen LogP contribution in [0, 0.1) is 11.8 Å². The van der Waals surface area contributed by atoms with Crippen LogP contribution in [0.5, 0.6) is 0 Å². The Hall–Kier alpha value is -0.120. The standard InChI is InChI=1S/C18H35NO2/c1-5-15-6-9-18(10-7-15,14-19-17(2,3)4)21-13-16-8-11-20-12-16/h15-16,19H,5-14H2,1-4H3. The summed E-state index contributed by atoms with van der Waals surface area (Å²) >= 11 is 0. The van der Waals surface area contributed by atoms with Crippen molar-refractivity contribution in [1.29, 1.82) is 0 Å². The van der Waals surface area contributed by atoms with E-state index in [9.17, 15) is 0 Å². The molecule has 0 spiro atoms. The summed E-state index contributed by atoms with van der Waals surface area (Å²) in [6, 6.07) is 0. The molecule has 1 unspecified atom stereocenters. The molecule has 2 fully saturated rings.